The first-order valence-corrected chi connectivity index (χ1v) is 7.37. The predicted molar refractivity (Wildman–Crippen MR) is 81.0 cm³/mol. The molecule has 0 saturated carbocycles. The second kappa shape index (κ2) is 7.53. The number of aliphatic hydroxyl groups excluding tert-OH is 1. The molecule has 0 unspecified atom stereocenters. The maximum atomic E-state index is 10.6. The molecule has 1 aliphatic rings. The Hall–Kier alpha value is -1.70. The van der Waals surface area contributed by atoms with Crippen LogP contribution >= 0.6 is 0 Å². The minimum Gasteiger partial charge on any atom is -0.491 e. The maximum Gasteiger partial charge on any atom is 0.269 e. The van der Waals surface area contributed by atoms with E-state index >= 15 is 0 Å². The van der Waals surface area contributed by atoms with Crippen molar-refractivity contribution in [2.75, 3.05) is 26.2 Å². The van der Waals surface area contributed by atoms with Gasteiger partial charge >= 0.3 is 0 Å². The van der Waals surface area contributed by atoms with Gasteiger partial charge in [-0.05, 0) is 26.0 Å². The predicted octanol–water partition coefficient (Wildman–Crippen LogP) is 1.44. The van der Waals surface area contributed by atoms with Crippen LogP contribution in [0.5, 0.6) is 5.75 Å². The number of hydrogen-bond donors (Lipinski definition) is 1. The summed E-state index contributed by atoms with van der Waals surface area (Å²) in [6.45, 7) is 6.28. The van der Waals surface area contributed by atoms with Gasteiger partial charge in [-0.1, -0.05) is 0 Å². The van der Waals surface area contributed by atoms with Gasteiger partial charge < -0.3 is 14.6 Å². The third kappa shape index (κ3) is 4.94. The van der Waals surface area contributed by atoms with Crippen LogP contribution in [0.1, 0.15) is 13.8 Å². The minimum atomic E-state index is -0.618. The lowest BCUT2D eigenvalue weighted by atomic mass is 10.2. The first kappa shape index (κ1) is 16.7. The molecule has 1 aromatic carbocycles. The first-order chi connectivity index (χ1) is 10.4. The molecule has 0 aliphatic carbocycles. The summed E-state index contributed by atoms with van der Waals surface area (Å²) < 4.78 is 11.1. The molecule has 1 fully saturated rings. The molecule has 0 spiro atoms. The second-order valence-corrected chi connectivity index (χ2v) is 5.69. The van der Waals surface area contributed by atoms with Crippen LogP contribution in [0.15, 0.2) is 24.3 Å². The number of nitrogens with zero attached hydrogens (tertiary/aromatic N) is 2. The number of ether oxygens (including phenoxy) is 2. The van der Waals surface area contributed by atoms with Gasteiger partial charge in [-0.25, -0.2) is 0 Å². The molecule has 7 nitrogen and oxygen atoms in total. The van der Waals surface area contributed by atoms with E-state index in [1.807, 2.05) is 13.8 Å². The zero-order chi connectivity index (χ0) is 16.1. The fourth-order valence-electron chi connectivity index (χ4n) is 2.64. The van der Waals surface area contributed by atoms with Crippen molar-refractivity contribution in [3.8, 4) is 5.75 Å². The van der Waals surface area contributed by atoms with Crippen molar-refractivity contribution in [3.05, 3.63) is 34.4 Å². The zero-order valence-corrected chi connectivity index (χ0v) is 12.8. The highest BCUT2D eigenvalue weighted by Crippen LogP contribution is 2.17. The molecule has 1 N–H and O–H groups in total. The van der Waals surface area contributed by atoms with Crippen LogP contribution < -0.4 is 4.74 Å². The quantitative estimate of drug-likeness (QED) is 0.632. The van der Waals surface area contributed by atoms with E-state index in [0.717, 1.165) is 13.1 Å². The fraction of sp³-hybridized carbons (Fsp3) is 0.600. The summed E-state index contributed by atoms with van der Waals surface area (Å²) in [5.74, 6) is 0.508. The van der Waals surface area contributed by atoms with Crippen molar-refractivity contribution in [1.82, 2.24) is 4.90 Å². The van der Waals surface area contributed by atoms with Crippen molar-refractivity contribution in [2.24, 2.45) is 0 Å². The van der Waals surface area contributed by atoms with Crippen LogP contribution in [0.2, 0.25) is 0 Å². The Labute approximate surface area is 129 Å². The summed E-state index contributed by atoms with van der Waals surface area (Å²) in [5, 5.41) is 20.6. The van der Waals surface area contributed by atoms with Crippen LogP contribution in [0, 0.1) is 10.1 Å². The van der Waals surface area contributed by atoms with Crippen molar-refractivity contribution < 1.29 is 19.5 Å². The monoisotopic (exact) mass is 310 g/mol. The molecule has 0 amide bonds. The van der Waals surface area contributed by atoms with E-state index in [4.69, 9.17) is 9.47 Å². The number of β-amino-alcohol motifs (C(OH)–C–C–N with tert-alkyl or cyclic N) is 1. The van der Waals surface area contributed by atoms with Gasteiger partial charge in [0.25, 0.3) is 5.69 Å². The standard InChI is InChI=1S/C15H22N2O5/c1-11-7-16(8-12(2)22-11)9-14(18)10-21-15-5-3-13(4-6-15)17(19)20/h3-6,11-12,14,18H,7-10H2,1-2H3/t11-,12+,14-/m0/s1. The van der Waals surface area contributed by atoms with Gasteiger partial charge in [0.1, 0.15) is 18.5 Å². The third-order valence-electron chi connectivity index (χ3n) is 3.45. The Morgan fingerprint density at radius 3 is 2.50 bits per heavy atom. The molecule has 1 aliphatic heterocycles. The second-order valence-electron chi connectivity index (χ2n) is 5.69. The lowest BCUT2D eigenvalue weighted by molar-refractivity contribution is -0.384. The number of rotatable bonds is 6. The number of morpholine rings is 1. The summed E-state index contributed by atoms with van der Waals surface area (Å²) >= 11 is 0. The smallest absolute Gasteiger partial charge is 0.269 e. The lowest BCUT2D eigenvalue weighted by Gasteiger charge is -2.36. The fourth-order valence-corrected chi connectivity index (χ4v) is 2.64. The van der Waals surface area contributed by atoms with E-state index in [2.05, 4.69) is 4.90 Å². The van der Waals surface area contributed by atoms with Gasteiger partial charge in [-0.3, -0.25) is 15.0 Å². The van der Waals surface area contributed by atoms with Gasteiger partial charge in [0, 0.05) is 31.8 Å². The van der Waals surface area contributed by atoms with Crippen molar-refractivity contribution in [3.63, 3.8) is 0 Å². The number of non-ortho nitro benzene ring substituents is 1. The highest BCUT2D eigenvalue weighted by molar-refractivity contribution is 5.35. The van der Waals surface area contributed by atoms with Gasteiger partial charge in [0.2, 0.25) is 0 Å². The first-order valence-electron chi connectivity index (χ1n) is 7.37. The third-order valence-corrected chi connectivity index (χ3v) is 3.45. The Balaban J connectivity index is 1.77. The Morgan fingerprint density at radius 1 is 1.36 bits per heavy atom. The molecule has 0 aromatic heterocycles. The highest BCUT2D eigenvalue weighted by atomic mass is 16.6. The van der Waals surface area contributed by atoms with E-state index in [-0.39, 0.29) is 24.5 Å². The van der Waals surface area contributed by atoms with Crippen molar-refractivity contribution in [1.29, 1.82) is 0 Å². The number of aliphatic hydroxyl groups is 1. The van der Waals surface area contributed by atoms with Crippen LogP contribution in [-0.2, 0) is 4.74 Å². The summed E-state index contributed by atoms with van der Waals surface area (Å²) in [7, 11) is 0. The Morgan fingerprint density at radius 2 is 1.95 bits per heavy atom. The summed E-state index contributed by atoms with van der Waals surface area (Å²) in [5.41, 5.74) is 0.0178. The molecular weight excluding hydrogens is 288 g/mol. The summed E-state index contributed by atoms with van der Waals surface area (Å²) in [6.07, 6.45) is -0.300. The van der Waals surface area contributed by atoms with E-state index < -0.39 is 11.0 Å². The maximum absolute atomic E-state index is 10.6. The van der Waals surface area contributed by atoms with Crippen molar-refractivity contribution >= 4 is 5.69 Å². The minimum absolute atomic E-state index is 0.0178. The number of benzene rings is 1. The molecule has 3 atom stereocenters. The SMILES string of the molecule is C[C@@H]1CN(C[C@H](O)COc2ccc([N+](=O)[O-])cc2)C[C@H](C)O1. The molecule has 0 radical (unpaired) electrons. The highest BCUT2D eigenvalue weighted by Gasteiger charge is 2.23. The average molecular weight is 310 g/mol. The van der Waals surface area contributed by atoms with Gasteiger partial charge in [-0.2, -0.15) is 0 Å². The Bertz CT molecular complexity index is 483. The van der Waals surface area contributed by atoms with Gasteiger partial charge in [0.05, 0.1) is 17.1 Å². The molecule has 1 saturated heterocycles. The normalized spacial score (nSPS) is 24.0. The van der Waals surface area contributed by atoms with E-state index in [1.165, 1.54) is 24.3 Å². The van der Waals surface area contributed by atoms with Gasteiger partial charge in [0.15, 0.2) is 0 Å². The molecule has 122 valence electrons. The van der Waals surface area contributed by atoms with Crippen LogP contribution in [0.4, 0.5) is 5.69 Å². The van der Waals surface area contributed by atoms with Gasteiger partial charge in [-0.15, -0.1) is 0 Å². The van der Waals surface area contributed by atoms with E-state index in [9.17, 15) is 15.2 Å². The molecule has 2 rings (SSSR count). The molecular formula is C15H22N2O5. The molecule has 7 heteroatoms. The molecule has 22 heavy (non-hydrogen) atoms. The molecule has 0 bridgehead atoms. The summed E-state index contributed by atoms with van der Waals surface area (Å²) in [6, 6.07) is 5.83. The van der Waals surface area contributed by atoms with E-state index in [1.54, 1.807) is 0 Å². The van der Waals surface area contributed by atoms with E-state index in [0.29, 0.717) is 12.3 Å². The largest absolute Gasteiger partial charge is 0.491 e. The van der Waals surface area contributed by atoms with Crippen LogP contribution in [-0.4, -0.2) is 59.5 Å². The number of nitro groups is 1. The topological polar surface area (TPSA) is 85.1 Å². The number of hydrogen-bond acceptors (Lipinski definition) is 6. The Kier molecular flexibility index (Phi) is 5.70. The molecule has 1 heterocycles. The van der Waals surface area contributed by atoms with Crippen LogP contribution in [0.25, 0.3) is 0 Å². The number of nitro benzene ring substituents is 1. The molecule has 1 aromatic rings. The lowest BCUT2D eigenvalue weighted by Crippen LogP contribution is -2.48. The van der Waals surface area contributed by atoms with Crippen LogP contribution in [0.3, 0.4) is 0 Å². The zero-order valence-electron chi connectivity index (χ0n) is 12.8. The van der Waals surface area contributed by atoms with Crippen molar-refractivity contribution in [2.45, 2.75) is 32.2 Å². The summed E-state index contributed by atoms with van der Waals surface area (Å²) in [4.78, 5) is 12.3. The average Bonchev–Trinajstić information content (AvgIpc) is 2.44.